The summed E-state index contributed by atoms with van der Waals surface area (Å²) in [5.74, 6) is -0.327. The van der Waals surface area contributed by atoms with Gasteiger partial charge in [-0.25, -0.2) is 8.42 Å². The van der Waals surface area contributed by atoms with Crippen molar-refractivity contribution < 1.29 is 13.2 Å². The van der Waals surface area contributed by atoms with Crippen LogP contribution in [-0.2, 0) is 9.84 Å². The van der Waals surface area contributed by atoms with Crippen molar-refractivity contribution in [1.29, 1.82) is 0 Å². The van der Waals surface area contributed by atoms with Crippen LogP contribution in [0, 0.1) is 6.92 Å². The maximum Gasteiger partial charge on any atom is 0.265 e. The Bertz CT molecular complexity index is 1270. The summed E-state index contributed by atoms with van der Waals surface area (Å²) < 4.78 is 25.7. The fourth-order valence-electron chi connectivity index (χ4n) is 2.94. The normalized spacial score (nSPS) is 11.5. The van der Waals surface area contributed by atoms with Gasteiger partial charge in [-0.2, -0.15) is 0 Å². The van der Waals surface area contributed by atoms with Crippen LogP contribution in [0.5, 0.6) is 0 Å². The van der Waals surface area contributed by atoms with Gasteiger partial charge in [-0.15, -0.1) is 11.3 Å². The SMILES string of the molecule is Cc1ccc(S(=O)(=O)c2ccc(C(=O)Nc3cccc4ccccc34)s2)cc1. The first-order chi connectivity index (χ1) is 13.4. The standard InChI is InChI=1S/C22H17NO3S2/c1-15-9-11-17(12-10-15)28(25,26)21-14-13-20(27-21)22(24)23-19-8-4-6-16-5-2-3-7-18(16)19/h2-14H,1H3,(H,23,24). The molecule has 0 aliphatic carbocycles. The van der Waals surface area contributed by atoms with Crippen LogP contribution < -0.4 is 5.32 Å². The van der Waals surface area contributed by atoms with E-state index in [-0.39, 0.29) is 15.0 Å². The number of hydrogen-bond acceptors (Lipinski definition) is 4. The van der Waals surface area contributed by atoms with Crippen molar-refractivity contribution in [3.63, 3.8) is 0 Å². The molecule has 0 aliphatic rings. The highest BCUT2D eigenvalue weighted by Crippen LogP contribution is 2.29. The van der Waals surface area contributed by atoms with E-state index < -0.39 is 9.84 Å². The van der Waals surface area contributed by atoms with Gasteiger partial charge in [0, 0.05) is 11.1 Å². The van der Waals surface area contributed by atoms with E-state index in [1.807, 2.05) is 49.4 Å². The predicted molar refractivity (Wildman–Crippen MR) is 113 cm³/mol. The molecular formula is C22H17NO3S2. The lowest BCUT2D eigenvalue weighted by Gasteiger charge is -2.07. The summed E-state index contributed by atoms with van der Waals surface area (Å²) in [6.45, 7) is 1.90. The Morgan fingerprint density at radius 3 is 2.36 bits per heavy atom. The summed E-state index contributed by atoms with van der Waals surface area (Å²) in [4.78, 5) is 13.3. The van der Waals surface area contributed by atoms with Gasteiger partial charge in [-0.1, -0.05) is 54.1 Å². The number of anilines is 1. The minimum Gasteiger partial charge on any atom is -0.321 e. The van der Waals surface area contributed by atoms with Crippen LogP contribution in [-0.4, -0.2) is 14.3 Å². The zero-order chi connectivity index (χ0) is 19.7. The third-order valence-corrected chi connectivity index (χ3v) is 7.78. The second-order valence-corrected chi connectivity index (χ2v) is 9.68. The Balaban J connectivity index is 1.62. The van der Waals surface area contributed by atoms with Crippen LogP contribution in [0.2, 0.25) is 0 Å². The molecule has 3 aromatic carbocycles. The fraction of sp³-hybridized carbons (Fsp3) is 0.0455. The third-order valence-electron chi connectivity index (χ3n) is 4.44. The smallest absolute Gasteiger partial charge is 0.265 e. The van der Waals surface area contributed by atoms with E-state index in [9.17, 15) is 13.2 Å². The Hall–Kier alpha value is -2.96. The Morgan fingerprint density at radius 2 is 1.57 bits per heavy atom. The first-order valence-corrected chi connectivity index (χ1v) is 11.0. The van der Waals surface area contributed by atoms with Crippen LogP contribution in [0.3, 0.4) is 0 Å². The summed E-state index contributed by atoms with van der Waals surface area (Å²) >= 11 is 0.972. The molecule has 1 amide bonds. The summed E-state index contributed by atoms with van der Waals surface area (Å²) in [6, 6.07) is 23.2. The second kappa shape index (κ2) is 7.22. The van der Waals surface area contributed by atoms with Gasteiger partial charge >= 0.3 is 0 Å². The average molecular weight is 408 g/mol. The van der Waals surface area contributed by atoms with Crippen LogP contribution in [0.4, 0.5) is 5.69 Å². The maximum absolute atomic E-state index is 12.8. The van der Waals surface area contributed by atoms with Gasteiger partial charge < -0.3 is 5.32 Å². The first kappa shape index (κ1) is 18.4. The van der Waals surface area contributed by atoms with Gasteiger partial charge in [-0.05, 0) is 42.6 Å². The van der Waals surface area contributed by atoms with Gasteiger partial charge in [0.25, 0.3) is 5.91 Å². The van der Waals surface area contributed by atoms with E-state index in [1.54, 1.807) is 30.3 Å². The molecule has 4 rings (SSSR count). The van der Waals surface area contributed by atoms with Crippen molar-refractivity contribution >= 4 is 43.5 Å². The predicted octanol–water partition coefficient (Wildman–Crippen LogP) is 5.29. The summed E-state index contributed by atoms with van der Waals surface area (Å²) in [7, 11) is -3.64. The molecule has 4 aromatic rings. The molecule has 0 bridgehead atoms. The van der Waals surface area contributed by atoms with E-state index >= 15 is 0 Å². The molecule has 0 saturated heterocycles. The van der Waals surface area contributed by atoms with E-state index in [4.69, 9.17) is 0 Å². The monoisotopic (exact) mass is 407 g/mol. The van der Waals surface area contributed by atoms with Crippen molar-refractivity contribution in [3.8, 4) is 0 Å². The van der Waals surface area contributed by atoms with Gasteiger partial charge in [0.1, 0.15) is 4.21 Å². The van der Waals surface area contributed by atoms with Crippen molar-refractivity contribution in [2.45, 2.75) is 16.0 Å². The number of fused-ring (bicyclic) bond motifs is 1. The number of nitrogens with one attached hydrogen (secondary N) is 1. The zero-order valence-electron chi connectivity index (χ0n) is 15.0. The number of sulfone groups is 1. The number of benzene rings is 3. The van der Waals surface area contributed by atoms with Gasteiger partial charge in [-0.3, -0.25) is 4.79 Å². The Kier molecular flexibility index (Phi) is 4.75. The van der Waals surface area contributed by atoms with Crippen LogP contribution in [0.25, 0.3) is 10.8 Å². The molecule has 6 heteroatoms. The molecule has 28 heavy (non-hydrogen) atoms. The van der Waals surface area contributed by atoms with Crippen molar-refractivity contribution in [1.82, 2.24) is 0 Å². The fourth-order valence-corrected chi connectivity index (χ4v) is 5.54. The molecule has 0 saturated carbocycles. The van der Waals surface area contributed by atoms with E-state index in [0.717, 1.165) is 27.7 Å². The lowest BCUT2D eigenvalue weighted by Crippen LogP contribution is -2.10. The van der Waals surface area contributed by atoms with Gasteiger partial charge in [0.05, 0.1) is 9.77 Å². The minimum absolute atomic E-state index is 0.152. The molecule has 0 unspecified atom stereocenters. The molecule has 4 nitrogen and oxygen atoms in total. The van der Waals surface area contributed by atoms with E-state index in [2.05, 4.69) is 5.32 Å². The van der Waals surface area contributed by atoms with E-state index in [0.29, 0.717) is 10.6 Å². The number of carbonyl (C=O) groups excluding carboxylic acids is 1. The summed E-state index contributed by atoms with van der Waals surface area (Å²) in [5.41, 5.74) is 1.68. The van der Waals surface area contributed by atoms with Crippen LogP contribution >= 0.6 is 11.3 Å². The van der Waals surface area contributed by atoms with E-state index in [1.165, 1.54) is 6.07 Å². The molecule has 1 aromatic heterocycles. The number of aryl methyl sites for hydroxylation is 1. The first-order valence-electron chi connectivity index (χ1n) is 8.66. The number of carbonyl (C=O) groups is 1. The molecule has 0 aliphatic heterocycles. The molecular weight excluding hydrogens is 390 g/mol. The Labute approximate surface area is 167 Å². The van der Waals surface area contributed by atoms with Crippen molar-refractivity contribution in [2.24, 2.45) is 0 Å². The highest BCUT2D eigenvalue weighted by molar-refractivity contribution is 7.93. The molecule has 0 atom stereocenters. The number of thiophene rings is 1. The minimum atomic E-state index is -3.64. The molecule has 0 fully saturated rings. The van der Waals surface area contributed by atoms with Crippen molar-refractivity contribution in [2.75, 3.05) is 5.32 Å². The molecule has 140 valence electrons. The van der Waals surface area contributed by atoms with Gasteiger partial charge in [0.15, 0.2) is 0 Å². The lowest BCUT2D eigenvalue weighted by atomic mass is 10.1. The number of amides is 1. The highest BCUT2D eigenvalue weighted by atomic mass is 32.2. The van der Waals surface area contributed by atoms with Crippen LogP contribution in [0.1, 0.15) is 15.2 Å². The van der Waals surface area contributed by atoms with Crippen molar-refractivity contribution in [3.05, 3.63) is 89.3 Å². The zero-order valence-corrected chi connectivity index (χ0v) is 16.7. The quantitative estimate of drug-likeness (QED) is 0.500. The Morgan fingerprint density at radius 1 is 0.857 bits per heavy atom. The largest absolute Gasteiger partial charge is 0.321 e. The van der Waals surface area contributed by atoms with Gasteiger partial charge in [0.2, 0.25) is 9.84 Å². The lowest BCUT2D eigenvalue weighted by molar-refractivity contribution is 0.103. The second-order valence-electron chi connectivity index (χ2n) is 6.42. The molecule has 1 N–H and O–H groups in total. The number of rotatable bonds is 4. The topological polar surface area (TPSA) is 63.2 Å². The maximum atomic E-state index is 12.8. The third kappa shape index (κ3) is 3.44. The number of hydrogen-bond donors (Lipinski definition) is 1. The highest BCUT2D eigenvalue weighted by Gasteiger charge is 2.21. The molecule has 1 heterocycles. The van der Waals surface area contributed by atoms with Crippen LogP contribution in [0.15, 0.2) is 88.0 Å². The molecule has 0 spiro atoms. The summed E-state index contributed by atoms with van der Waals surface area (Å²) in [5, 5.41) is 4.84. The average Bonchev–Trinajstić information content (AvgIpc) is 3.20. The summed E-state index contributed by atoms with van der Waals surface area (Å²) in [6.07, 6.45) is 0. The molecule has 0 radical (unpaired) electrons.